The van der Waals surface area contributed by atoms with Gasteiger partial charge in [-0.15, -0.1) is 0 Å². The molecule has 0 fully saturated rings. The Balaban J connectivity index is 5.07. The number of methoxy groups -OCH3 is 4. The molecule has 0 amide bonds. The molecule has 104 valence electrons. The molecule has 0 saturated heterocycles. The molecule has 0 rings (SSSR count). The molecule has 0 radical (unpaired) electrons. The number of rotatable bonds is 7. The largest absolute Gasteiger partial charge is 0.465 e. The van der Waals surface area contributed by atoms with Crippen LogP contribution >= 0.6 is 0 Å². The van der Waals surface area contributed by atoms with Crippen molar-refractivity contribution < 1.29 is 28.5 Å². The van der Waals surface area contributed by atoms with Gasteiger partial charge in [0, 0.05) is 20.6 Å². The highest BCUT2D eigenvalue weighted by Gasteiger charge is 2.28. The van der Waals surface area contributed by atoms with Gasteiger partial charge in [0.05, 0.1) is 14.2 Å². The highest BCUT2D eigenvalue weighted by molar-refractivity contribution is 6.13. The van der Waals surface area contributed by atoms with E-state index in [1.54, 1.807) is 0 Å². The van der Waals surface area contributed by atoms with Crippen molar-refractivity contribution in [3.05, 3.63) is 11.6 Å². The van der Waals surface area contributed by atoms with Crippen molar-refractivity contribution in [3.8, 4) is 0 Å². The van der Waals surface area contributed by atoms with Crippen molar-refractivity contribution in [2.45, 2.75) is 25.6 Å². The molecule has 0 aliphatic heterocycles. The van der Waals surface area contributed by atoms with E-state index in [4.69, 9.17) is 9.47 Å². The third-order valence-corrected chi connectivity index (χ3v) is 2.71. The van der Waals surface area contributed by atoms with Gasteiger partial charge in [0.15, 0.2) is 5.79 Å². The Kier molecular flexibility index (Phi) is 7.23. The maximum absolute atomic E-state index is 11.4. The molecule has 0 unspecified atom stereocenters. The van der Waals surface area contributed by atoms with Gasteiger partial charge in [0.1, 0.15) is 5.57 Å². The zero-order chi connectivity index (χ0) is 14.2. The Labute approximate surface area is 107 Å². The van der Waals surface area contributed by atoms with Crippen LogP contribution in [0, 0.1) is 0 Å². The summed E-state index contributed by atoms with van der Waals surface area (Å²) in [6.07, 6.45) is 2.19. The zero-order valence-electron chi connectivity index (χ0n) is 11.4. The standard InChI is InChI=1S/C12H20O6/c1-6-12(17-4,18-5)8-7-9(10(13)15-2)11(14)16-3/h7H,6,8H2,1-5H3. The van der Waals surface area contributed by atoms with E-state index in [9.17, 15) is 9.59 Å². The molecule has 6 heteroatoms. The molecule has 0 aromatic heterocycles. The van der Waals surface area contributed by atoms with Crippen LogP contribution in [-0.2, 0) is 28.5 Å². The third kappa shape index (κ3) is 4.12. The van der Waals surface area contributed by atoms with Crippen molar-refractivity contribution >= 4 is 11.9 Å². The van der Waals surface area contributed by atoms with Gasteiger partial charge in [-0.1, -0.05) is 13.0 Å². The highest BCUT2D eigenvalue weighted by atomic mass is 16.7. The predicted molar refractivity (Wildman–Crippen MR) is 63.8 cm³/mol. The fourth-order valence-electron chi connectivity index (χ4n) is 1.41. The Bertz CT molecular complexity index is 290. The fraction of sp³-hybridized carbons (Fsp3) is 0.667. The normalized spacial score (nSPS) is 10.7. The second kappa shape index (κ2) is 7.84. The second-order valence-electron chi connectivity index (χ2n) is 3.48. The third-order valence-electron chi connectivity index (χ3n) is 2.71. The van der Waals surface area contributed by atoms with Crippen LogP contribution in [0.2, 0.25) is 0 Å². The Hall–Kier alpha value is -1.40. The van der Waals surface area contributed by atoms with E-state index in [2.05, 4.69) is 9.47 Å². The summed E-state index contributed by atoms with van der Waals surface area (Å²) in [5.41, 5.74) is -0.174. The molecule has 18 heavy (non-hydrogen) atoms. The molecule has 0 aromatic rings. The maximum atomic E-state index is 11.4. The topological polar surface area (TPSA) is 71.1 Å². The lowest BCUT2D eigenvalue weighted by Gasteiger charge is -2.28. The predicted octanol–water partition coefficient (Wildman–Crippen LogP) is 1.05. The summed E-state index contributed by atoms with van der Waals surface area (Å²) in [4.78, 5) is 22.8. The van der Waals surface area contributed by atoms with Crippen LogP contribution in [-0.4, -0.2) is 46.2 Å². The summed E-state index contributed by atoms with van der Waals surface area (Å²) in [5.74, 6) is -2.37. The smallest absolute Gasteiger partial charge is 0.344 e. The quantitative estimate of drug-likeness (QED) is 0.224. The maximum Gasteiger partial charge on any atom is 0.344 e. The van der Waals surface area contributed by atoms with E-state index in [1.165, 1.54) is 34.5 Å². The van der Waals surface area contributed by atoms with Crippen LogP contribution in [0.4, 0.5) is 0 Å². The first-order valence-electron chi connectivity index (χ1n) is 5.47. The van der Waals surface area contributed by atoms with Gasteiger partial charge < -0.3 is 18.9 Å². The molecule has 6 nitrogen and oxygen atoms in total. The van der Waals surface area contributed by atoms with E-state index >= 15 is 0 Å². The van der Waals surface area contributed by atoms with Crippen LogP contribution < -0.4 is 0 Å². The molecule has 0 aliphatic rings. The van der Waals surface area contributed by atoms with E-state index in [0.717, 1.165) is 0 Å². The summed E-state index contributed by atoms with van der Waals surface area (Å²) < 4.78 is 19.5. The van der Waals surface area contributed by atoms with E-state index in [-0.39, 0.29) is 12.0 Å². The Morgan fingerprint density at radius 3 is 1.72 bits per heavy atom. The minimum atomic E-state index is -0.868. The SMILES string of the molecule is CCC(CC=C(C(=O)OC)C(=O)OC)(OC)OC. The summed E-state index contributed by atoms with van der Waals surface area (Å²) >= 11 is 0. The molecule has 0 N–H and O–H groups in total. The highest BCUT2D eigenvalue weighted by Crippen LogP contribution is 2.22. The van der Waals surface area contributed by atoms with Gasteiger partial charge in [-0.25, -0.2) is 9.59 Å². The van der Waals surface area contributed by atoms with Crippen molar-refractivity contribution in [3.63, 3.8) is 0 Å². The van der Waals surface area contributed by atoms with Crippen LogP contribution in [0.3, 0.4) is 0 Å². The van der Waals surface area contributed by atoms with Crippen LogP contribution in [0.15, 0.2) is 11.6 Å². The molecule has 0 saturated carbocycles. The van der Waals surface area contributed by atoms with Gasteiger partial charge >= 0.3 is 11.9 Å². The first-order valence-corrected chi connectivity index (χ1v) is 5.47. The van der Waals surface area contributed by atoms with Crippen LogP contribution in [0.5, 0.6) is 0 Å². The minimum Gasteiger partial charge on any atom is -0.465 e. The summed E-state index contributed by atoms with van der Waals surface area (Å²) in [6.45, 7) is 1.87. The average molecular weight is 260 g/mol. The van der Waals surface area contributed by atoms with Gasteiger partial charge in [-0.05, 0) is 6.42 Å². The average Bonchev–Trinajstić information content (AvgIpc) is 2.43. The summed E-state index contributed by atoms with van der Waals surface area (Å²) in [6, 6.07) is 0. The van der Waals surface area contributed by atoms with E-state index in [1.807, 2.05) is 6.92 Å². The van der Waals surface area contributed by atoms with Crippen molar-refractivity contribution in [1.82, 2.24) is 0 Å². The van der Waals surface area contributed by atoms with Crippen molar-refractivity contribution in [2.24, 2.45) is 0 Å². The lowest BCUT2D eigenvalue weighted by Crippen LogP contribution is -2.32. The number of carbonyl (C=O) groups is 2. The van der Waals surface area contributed by atoms with Gasteiger partial charge in [-0.3, -0.25) is 0 Å². The van der Waals surface area contributed by atoms with Crippen molar-refractivity contribution in [2.75, 3.05) is 28.4 Å². The van der Waals surface area contributed by atoms with Gasteiger partial charge in [-0.2, -0.15) is 0 Å². The Morgan fingerprint density at radius 2 is 1.44 bits per heavy atom. The number of esters is 2. The number of hydrogen-bond acceptors (Lipinski definition) is 6. The first kappa shape index (κ1) is 16.6. The lowest BCUT2D eigenvalue weighted by atomic mass is 10.1. The van der Waals surface area contributed by atoms with Gasteiger partial charge in [0.25, 0.3) is 0 Å². The number of carbonyl (C=O) groups excluding carboxylic acids is 2. The second-order valence-corrected chi connectivity index (χ2v) is 3.48. The van der Waals surface area contributed by atoms with Crippen LogP contribution in [0.1, 0.15) is 19.8 Å². The number of hydrogen-bond donors (Lipinski definition) is 0. The summed E-state index contributed by atoms with van der Waals surface area (Å²) in [7, 11) is 5.38. The minimum absolute atomic E-state index is 0.174. The van der Waals surface area contributed by atoms with E-state index < -0.39 is 17.7 Å². The lowest BCUT2D eigenvalue weighted by molar-refractivity contribution is -0.205. The molecule has 0 bridgehead atoms. The molecule has 0 heterocycles. The van der Waals surface area contributed by atoms with E-state index in [0.29, 0.717) is 6.42 Å². The number of ether oxygens (including phenoxy) is 4. The molecule has 0 atom stereocenters. The Morgan fingerprint density at radius 1 is 1.00 bits per heavy atom. The van der Waals surface area contributed by atoms with Crippen molar-refractivity contribution in [1.29, 1.82) is 0 Å². The van der Waals surface area contributed by atoms with Gasteiger partial charge in [0.2, 0.25) is 0 Å². The molecule has 0 aliphatic carbocycles. The molecular formula is C12H20O6. The molecule has 0 aromatic carbocycles. The fourth-order valence-corrected chi connectivity index (χ4v) is 1.41. The zero-order valence-corrected chi connectivity index (χ0v) is 11.4. The molecular weight excluding hydrogens is 240 g/mol. The monoisotopic (exact) mass is 260 g/mol. The first-order chi connectivity index (χ1) is 8.50. The molecule has 0 spiro atoms. The summed E-state index contributed by atoms with van der Waals surface area (Å²) in [5, 5.41) is 0. The van der Waals surface area contributed by atoms with Crippen LogP contribution in [0.25, 0.3) is 0 Å².